The fourth-order valence-corrected chi connectivity index (χ4v) is 2.56. The van der Waals surface area contributed by atoms with Gasteiger partial charge in [0.1, 0.15) is 11.5 Å². The molecule has 19 heavy (non-hydrogen) atoms. The van der Waals surface area contributed by atoms with Gasteiger partial charge in [-0.15, -0.1) is 0 Å². The SMILES string of the molecule is COc1ccc(C(=O)C2CCC(O)CC2)c(OC)c1. The summed E-state index contributed by atoms with van der Waals surface area (Å²) in [6.45, 7) is 0. The largest absolute Gasteiger partial charge is 0.497 e. The average Bonchev–Trinajstić information content (AvgIpc) is 2.46. The van der Waals surface area contributed by atoms with Gasteiger partial charge in [0.15, 0.2) is 5.78 Å². The molecular weight excluding hydrogens is 244 g/mol. The van der Waals surface area contributed by atoms with E-state index in [1.165, 1.54) is 0 Å². The first kappa shape index (κ1) is 13.9. The molecule has 1 N–H and O–H groups in total. The molecule has 4 heteroatoms. The first-order valence-corrected chi connectivity index (χ1v) is 6.60. The number of aliphatic hydroxyl groups excluding tert-OH is 1. The molecule has 0 unspecified atom stereocenters. The monoisotopic (exact) mass is 264 g/mol. The molecular formula is C15H20O4. The van der Waals surface area contributed by atoms with Crippen molar-refractivity contribution in [2.75, 3.05) is 14.2 Å². The van der Waals surface area contributed by atoms with Crippen LogP contribution in [0.1, 0.15) is 36.0 Å². The van der Waals surface area contributed by atoms with E-state index in [1.807, 2.05) is 0 Å². The van der Waals surface area contributed by atoms with Gasteiger partial charge in [-0.2, -0.15) is 0 Å². The highest BCUT2D eigenvalue weighted by atomic mass is 16.5. The summed E-state index contributed by atoms with van der Waals surface area (Å²) in [6.07, 6.45) is 2.65. The zero-order chi connectivity index (χ0) is 13.8. The van der Waals surface area contributed by atoms with Crippen LogP contribution in [0.5, 0.6) is 11.5 Å². The second-order valence-corrected chi connectivity index (χ2v) is 4.94. The first-order chi connectivity index (χ1) is 9.15. The van der Waals surface area contributed by atoms with Crippen molar-refractivity contribution < 1.29 is 19.4 Å². The maximum absolute atomic E-state index is 12.5. The van der Waals surface area contributed by atoms with E-state index in [4.69, 9.17) is 9.47 Å². The van der Waals surface area contributed by atoms with Crippen LogP contribution in [-0.4, -0.2) is 31.2 Å². The fraction of sp³-hybridized carbons (Fsp3) is 0.533. The lowest BCUT2D eigenvalue weighted by Gasteiger charge is -2.24. The fourth-order valence-electron chi connectivity index (χ4n) is 2.56. The van der Waals surface area contributed by atoms with E-state index in [-0.39, 0.29) is 17.8 Å². The molecule has 1 fully saturated rings. The van der Waals surface area contributed by atoms with Crippen molar-refractivity contribution in [2.45, 2.75) is 31.8 Å². The molecule has 0 heterocycles. The highest BCUT2D eigenvalue weighted by Crippen LogP contribution is 2.32. The predicted octanol–water partition coefficient (Wildman–Crippen LogP) is 2.44. The third-order valence-corrected chi connectivity index (χ3v) is 3.74. The van der Waals surface area contributed by atoms with E-state index < -0.39 is 0 Å². The maximum Gasteiger partial charge on any atom is 0.169 e. The van der Waals surface area contributed by atoms with Crippen LogP contribution in [0.4, 0.5) is 0 Å². The van der Waals surface area contributed by atoms with Crippen LogP contribution in [0.15, 0.2) is 18.2 Å². The van der Waals surface area contributed by atoms with Gasteiger partial charge in [0.25, 0.3) is 0 Å². The number of ether oxygens (including phenoxy) is 2. The summed E-state index contributed by atoms with van der Waals surface area (Å²) >= 11 is 0. The normalized spacial score (nSPS) is 22.9. The third-order valence-electron chi connectivity index (χ3n) is 3.74. The van der Waals surface area contributed by atoms with Gasteiger partial charge in [0, 0.05) is 12.0 Å². The minimum Gasteiger partial charge on any atom is -0.497 e. The van der Waals surface area contributed by atoms with Crippen molar-refractivity contribution in [2.24, 2.45) is 5.92 Å². The molecule has 0 amide bonds. The zero-order valence-corrected chi connectivity index (χ0v) is 11.4. The summed E-state index contributed by atoms with van der Waals surface area (Å²) in [4.78, 5) is 12.5. The number of methoxy groups -OCH3 is 2. The number of hydrogen-bond acceptors (Lipinski definition) is 4. The van der Waals surface area contributed by atoms with Crippen molar-refractivity contribution in [1.29, 1.82) is 0 Å². The van der Waals surface area contributed by atoms with Gasteiger partial charge in [0.05, 0.1) is 25.9 Å². The van der Waals surface area contributed by atoms with E-state index in [1.54, 1.807) is 32.4 Å². The molecule has 1 aliphatic rings. The van der Waals surface area contributed by atoms with E-state index in [0.29, 0.717) is 29.9 Å². The highest BCUT2D eigenvalue weighted by molar-refractivity contribution is 6.00. The van der Waals surface area contributed by atoms with Crippen LogP contribution in [-0.2, 0) is 0 Å². The van der Waals surface area contributed by atoms with Crippen molar-refractivity contribution in [1.82, 2.24) is 0 Å². The Balaban J connectivity index is 2.18. The maximum atomic E-state index is 12.5. The van der Waals surface area contributed by atoms with Crippen LogP contribution >= 0.6 is 0 Å². The molecule has 0 spiro atoms. The van der Waals surface area contributed by atoms with Gasteiger partial charge in [0.2, 0.25) is 0 Å². The summed E-state index contributed by atoms with van der Waals surface area (Å²) in [5.74, 6) is 1.32. The quantitative estimate of drug-likeness (QED) is 0.849. The minimum absolute atomic E-state index is 0.00862. The van der Waals surface area contributed by atoms with E-state index >= 15 is 0 Å². The van der Waals surface area contributed by atoms with Crippen LogP contribution < -0.4 is 9.47 Å². The van der Waals surface area contributed by atoms with Crippen LogP contribution in [0.3, 0.4) is 0 Å². The molecule has 2 rings (SSSR count). The predicted molar refractivity (Wildman–Crippen MR) is 71.8 cm³/mol. The molecule has 0 bridgehead atoms. The lowest BCUT2D eigenvalue weighted by atomic mass is 9.82. The number of carbonyl (C=O) groups excluding carboxylic acids is 1. The molecule has 0 aliphatic heterocycles. The summed E-state index contributed by atoms with van der Waals surface area (Å²) in [7, 11) is 3.13. The Bertz CT molecular complexity index is 447. The first-order valence-electron chi connectivity index (χ1n) is 6.60. The molecule has 1 saturated carbocycles. The number of carbonyl (C=O) groups is 1. The van der Waals surface area contributed by atoms with E-state index in [9.17, 15) is 9.90 Å². The summed E-state index contributed by atoms with van der Waals surface area (Å²) in [5.41, 5.74) is 0.602. The van der Waals surface area contributed by atoms with Gasteiger partial charge >= 0.3 is 0 Å². The van der Waals surface area contributed by atoms with Gasteiger partial charge < -0.3 is 14.6 Å². The van der Waals surface area contributed by atoms with Crippen LogP contribution in [0, 0.1) is 5.92 Å². The van der Waals surface area contributed by atoms with Crippen molar-refractivity contribution in [3.63, 3.8) is 0 Å². The topological polar surface area (TPSA) is 55.8 Å². The summed E-state index contributed by atoms with van der Waals surface area (Å²) < 4.78 is 10.4. The molecule has 4 nitrogen and oxygen atoms in total. The third kappa shape index (κ3) is 3.07. The Kier molecular flexibility index (Phi) is 4.43. The highest BCUT2D eigenvalue weighted by Gasteiger charge is 2.27. The van der Waals surface area contributed by atoms with Crippen molar-refractivity contribution >= 4 is 5.78 Å². The number of benzene rings is 1. The lowest BCUT2D eigenvalue weighted by molar-refractivity contribution is 0.0762. The van der Waals surface area contributed by atoms with Gasteiger partial charge in [-0.1, -0.05) is 0 Å². The Hall–Kier alpha value is -1.55. The number of Topliss-reactive ketones (excluding diaryl/α,β-unsaturated/α-hetero) is 1. The van der Waals surface area contributed by atoms with Crippen molar-refractivity contribution in [3.8, 4) is 11.5 Å². The second-order valence-electron chi connectivity index (χ2n) is 4.94. The Morgan fingerprint density at radius 1 is 1.16 bits per heavy atom. The molecule has 1 aliphatic carbocycles. The molecule has 1 aromatic rings. The molecule has 0 atom stereocenters. The van der Waals surface area contributed by atoms with Crippen LogP contribution in [0.2, 0.25) is 0 Å². The van der Waals surface area contributed by atoms with Gasteiger partial charge in [-0.05, 0) is 37.8 Å². The van der Waals surface area contributed by atoms with Crippen molar-refractivity contribution in [3.05, 3.63) is 23.8 Å². The van der Waals surface area contributed by atoms with Crippen LogP contribution in [0.25, 0.3) is 0 Å². The zero-order valence-electron chi connectivity index (χ0n) is 11.4. The number of ketones is 1. The Morgan fingerprint density at radius 3 is 2.42 bits per heavy atom. The molecule has 104 valence electrons. The second kappa shape index (κ2) is 6.06. The molecule has 1 aromatic carbocycles. The number of hydrogen-bond donors (Lipinski definition) is 1. The summed E-state index contributed by atoms with van der Waals surface area (Å²) in [5, 5.41) is 9.50. The minimum atomic E-state index is -0.248. The standard InChI is InChI=1S/C15H20O4/c1-18-12-7-8-13(14(9-12)19-2)15(17)10-3-5-11(16)6-4-10/h7-11,16H,3-6H2,1-2H3. The molecule has 0 aromatic heterocycles. The smallest absolute Gasteiger partial charge is 0.169 e. The lowest BCUT2D eigenvalue weighted by Crippen LogP contribution is -2.24. The van der Waals surface area contributed by atoms with E-state index in [0.717, 1.165) is 12.8 Å². The summed E-state index contributed by atoms with van der Waals surface area (Å²) in [6, 6.07) is 5.25. The Labute approximate surface area is 113 Å². The van der Waals surface area contributed by atoms with Gasteiger partial charge in [-0.3, -0.25) is 4.79 Å². The van der Waals surface area contributed by atoms with E-state index in [2.05, 4.69) is 0 Å². The molecule has 0 radical (unpaired) electrons. The Morgan fingerprint density at radius 2 is 1.84 bits per heavy atom. The number of rotatable bonds is 4. The molecule has 0 saturated heterocycles. The van der Waals surface area contributed by atoms with Gasteiger partial charge in [-0.25, -0.2) is 0 Å². The average molecular weight is 264 g/mol. The number of aliphatic hydroxyl groups is 1.